The van der Waals surface area contributed by atoms with E-state index in [-0.39, 0.29) is 6.61 Å². The summed E-state index contributed by atoms with van der Waals surface area (Å²) >= 11 is 1.68. The Morgan fingerprint density at radius 1 is 1.12 bits per heavy atom. The van der Waals surface area contributed by atoms with E-state index in [0.29, 0.717) is 12.2 Å². The molecule has 3 rings (SSSR count). The zero-order chi connectivity index (χ0) is 18.2. The molecular formula is C20H19N3O2S. The Balaban J connectivity index is 1.50. The Morgan fingerprint density at radius 3 is 2.62 bits per heavy atom. The Hall–Kier alpha value is -2.86. The van der Waals surface area contributed by atoms with Crippen molar-refractivity contribution in [3.63, 3.8) is 0 Å². The summed E-state index contributed by atoms with van der Waals surface area (Å²) in [6, 6.07) is 17.9. The molecule has 6 heteroatoms. The summed E-state index contributed by atoms with van der Waals surface area (Å²) < 4.78 is 6.97. The summed E-state index contributed by atoms with van der Waals surface area (Å²) in [5.74, 6) is -0.406. The Labute approximate surface area is 156 Å². The maximum Gasteiger partial charge on any atom is 0.331 e. The summed E-state index contributed by atoms with van der Waals surface area (Å²) in [5, 5.41) is 8.10. The fraction of sp³-hybridized carbons (Fsp3) is 0.150. The van der Waals surface area contributed by atoms with Gasteiger partial charge in [0.2, 0.25) is 0 Å². The number of thioether (sulfide) groups is 1. The average molecular weight is 365 g/mol. The molecule has 0 bridgehead atoms. The first-order chi connectivity index (χ1) is 12.7. The van der Waals surface area contributed by atoms with Crippen molar-refractivity contribution >= 4 is 23.8 Å². The summed E-state index contributed by atoms with van der Waals surface area (Å²) in [6.07, 6.45) is 6.79. The second-order valence-electron chi connectivity index (χ2n) is 5.62. The molecule has 0 saturated carbocycles. The first kappa shape index (κ1) is 17.9. The molecule has 0 radical (unpaired) electrons. The van der Waals surface area contributed by atoms with Crippen LogP contribution in [0.1, 0.15) is 16.8 Å². The largest absolute Gasteiger partial charge is 0.458 e. The van der Waals surface area contributed by atoms with Crippen molar-refractivity contribution in [1.29, 1.82) is 0 Å². The first-order valence-corrected chi connectivity index (χ1v) is 9.37. The van der Waals surface area contributed by atoms with Gasteiger partial charge in [-0.05, 0) is 35.6 Å². The SMILES string of the molecule is CSc1ccc(COC(=O)/C=C/c2cn(Cc3ccccc3)nn2)cc1. The smallest absolute Gasteiger partial charge is 0.331 e. The van der Waals surface area contributed by atoms with Crippen molar-refractivity contribution in [3.05, 3.63) is 83.7 Å². The molecule has 26 heavy (non-hydrogen) atoms. The molecule has 3 aromatic rings. The van der Waals surface area contributed by atoms with Crippen molar-refractivity contribution in [2.75, 3.05) is 6.26 Å². The lowest BCUT2D eigenvalue weighted by atomic mass is 10.2. The highest BCUT2D eigenvalue weighted by Crippen LogP contribution is 2.15. The Kier molecular flexibility index (Phi) is 6.22. The van der Waals surface area contributed by atoms with E-state index < -0.39 is 5.97 Å². The molecule has 0 atom stereocenters. The molecule has 0 saturated heterocycles. The quantitative estimate of drug-likeness (QED) is 0.362. The second-order valence-corrected chi connectivity index (χ2v) is 6.50. The van der Waals surface area contributed by atoms with Crippen LogP contribution in [-0.2, 0) is 22.7 Å². The van der Waals surface area contributed by atoms with E-state index in [9.17, 15) is 4.79 Å². The number of hydrogen-bond donors (Lipinski definition) is 0. The zero-order valence-corrected chi connectivity index (χ0v) is 15.2. The molecule has 0 spiro atoms. The first-order valence-electron chi connectivity index (χ1n) is 8.15. The minimum absolute atomic E-state index is 0.249. The lowest BCUT2D eigenvalue weighted by Gasteiger charge is -2.03. The number of ether oxygens (including phenoxy) is 1. The number of carbonyl (C=O) groups excluding carboxylic acids is 1. The fourth-order valence-corrected chi connectivity index (χ4v) is 2.72. The number of nitrogens with zero attached hydrogens (tertiary/aromatic N) is 3. The lowest BCUT2D eigenvalue weighted by Crippen LogP contribution is -2.00. The molecular weight excluding hydrogens is 346 g/mol. The second kappa shape index (κ2) is 9.01. The highest BCUT2D eigenvalue weighted by Gasteiger charge is 2.02. The molecule has 5 nitrogen and oxygen atoms in total. The molecule has 1 aromatic heterocycles. The third-order valence-electron chi connectivity index (χ3n) is 3.67. The molecule has 0 fully saturated rings. The van der Waals surface area contributed by atoms with Gasteiger partial charge in [0.25, 0.3) is 0 Å². The van der Waals surface area contributed by atoms with Gasteiger partial charge in [0, 0.05) is 11.0 Å². The van der Waals surface area contributed by atoms with Crippen molar-refractivity contribution in [3.8, 4) is 0 Å². The van der Waals surface area contributed by atoms with E-state index in [1.807, 2.05) is 60.9 Å². The van der Waals surface area contributed by atoms with Crippen LogP contribution >= 0.6 is 11.8 Å². The highest BCUT2D eigenvalue weighted by molar-refractivity contribution is 7.98. The molecule has 1 heterocycles. The van der Waals surface area contributed by atoms with E-state index in [0.717, 1.165) is 11.1 Å². The van der Waals surface area contributed by atoms with Crippen LogP contribution in [0.2, 0.25) is 0 Å². The zero-order valence-electron chi connectivity index (χ0n) is 14.4. The van der Waals surface area contributed by atoms with Gasteiger partial charge in [-0.25, -0.2) is 9.48 Å². The van der Waals surface area contributed by atoms with Crippen molar-refractivity contribution in [2.24, 2.45) is 0 Å². The number of aromatic nitrogens is 3. The van der Waals surface area contributed by atoms with E-state index in [1.54, 1.807) is 28.7 Å². The van der Waals surface area contributed by atoms with Gasteiger partial charge >= 0.3 is 5.97 Å². The highest BCUT2D eigenvalue weighted by atomic mass is 32.2. The van der Waals surface area contributed by atoms with Crippen LogP contribution in [0.3, 0.4) is 0 Å². The summed E-state index contributed by atoms with van der Waals surface area (Å²) in [6.45, 7) is 0.886. The van der Waals surface area contributed by atoms with Crippen molar-refractivity contribution in [1.82, 2.24) is 15.0 Å². The van der Waals surface area contributed by atoms with E-state index in [2.05, 4.69) is 10.3 Å². The number of esters is 1. The molecule has 0 amide bonds. The van der Waals surface area contributed by atoms with Crippen LogP contribution in [0, 0.1) is 0 Å². The van der Waals surface area contributed by atoms with Crippen LogP contribution in [0.4, 0.5) is 0 Å². The van der Waals surface area contributed by atoms with Crippen molar-refractivity contribution in [2.45, 2.75) is 18.0 Å². The van der Waals surface area contributed by atoms with Gasteiger partial charge in [-0.2, -0.15) is 0 Å². The summed E-state index contributed by atoms with van der Waals surface area (Å²) in [5.41, 5.74) is 2.71. The number of hydrogen-bond acceptors (Lipinski definition) is 5. The van der Waals surface area contributed by atoms with Gasteiger partial charge in [0.05, 0.1) is 12.7 Å². The standard InChI is InChI=1S/C20H19N3O2S/c1-26-19-10-7-17(8-11-19)15-25-20(24)12-9-18-14-23(22-21-18)13-16-5-3-2-4-6-16/h2-12,14H,13,15H2,1H3/b12-9+. The monoisotopic (exact) mass is 365 g/mol. The third kappa shape index (κ3) is 5.32. The molecule has 0 unspecified atom stereocenters. The molecule has 0 aliphatic carbocycles. The van der Waals surface area contributed by atoms with Crippen LogP contribution in [0.15, 0.2) is 71.8 Å². The predicted molar refractivity (Wildman–Crippen MR) is 103 cm³/mol. The van der Waals surface area contributed by atoms with Crippen molar-refractivity contribution < 1.29 is 9.53 Å². The predicted octanol–water partition coefficient (Wildman–Crippen LogP) is 3.80. The Bertz CT molecular complexity index is 874. The minimum atomic E-state index is -0.406. The van der Waals surface area contributed by atoms with E-state index in [1.165, 1.54) is 11.0 Å². The Morgan fingerprint density at radius 2 is 1.88 bits per heavy atom. The molecule has 0 N–H and O–H groups in total. The van der Waals surface area contributed by atoms with Crippen LogP contribution < -0.4 is 0 Å². The van der Waals surface area contributed by atoms with Gasteiger partial charge in [0.15, 0.2) is 0 Å². The fourth-order valence-electron chi connectivity index (χ4n) is 2.32. The minimum Gasteiger partial charge on any atom is -0.458 e. The number of benzene rings is 2. The van der Waals surface area contributed by atoms with Gasteiger partial charge in [-0.3, -0.25) is 0 Å². The maximum atomic E-state index is 11.8. The topological polar surface area (TPSA) is 57.0 Å². The molecule has 132 valence electrons. The van der Waals surface area contributed by atoms with E-state index in [4.69, 9.17) is 4.74 Å². The van der Waals surface area contributed by atoms with Crippen LogP contribution in [0.5, 0.6) is 0 Å². The van der Waals surface area contributed by atoms with Gasteiger partial charge in [-0.15, -0.1) is 16.9 Å². The maximum absolute atomic E-state index is 11.8. The summed E-state index contributed by atoms with van der Waals surface area (Å²) in [4.78, 5) is 13.0. The number of carbonyl (C=O) groups is 1. The molecule has 0 aliphatic rings. The number of rotatable bonds is 7. The van der Waals surface area contributed by atoms with Crippen LogP contribution in [0.25, 0.3) is 6.08 Å². The molecule has 2 aromatic carbocycles. The van der Waals surface area contributed by atoms with Gasteiger partial charge < -0.3 is 4.74 Å². The van der Waals surface area contributed by atoms with E-state index >= 15 is 0 Å². The lowest BCUT2D eigenvalue weighted by molar-refractivity contribution is -0.138. The average Bonchev–Trinajstić information content (AvgIpc) is 3.13. The third-order valence-corrected chi connectivity index (χ3v) is 4.42. The molecule has 0 aliphatic heterocycles. The van der Waals surface area contributed by atoms with Gasteiger partial charge in [0.1, 0.15) is 12.3 Å². The normalized spacial score (nSPS) is 11.0. The summed E-state index contributed by atoms with van der Waals surface area (Å²) in [7, 11) is 0. The van der Waals surface area contributed by atoms with Crippen LogP contribution in [-0.4, -0.2) is 27.2 Å². The van der Waals surface area contributed by atoms with Gasteiger partial charge in [-0.1, -0.05) is 47.7 Å².